The minimum atomic E-state index is 0. The van der Waals surface area contributed by atoms with Crippen LogP contribution >= 0.6 is 24.0 Å². The van der Waals surface area contributed by atoms with Gasteiger partial charge in [-0.15, -0.1) is 24.0 Å². The van der Waals surface area contributed by atoms with Crippen LogP contribution in [-0.2, 0) is 6.54 Å². The molecule has 1 aromatic rings. The zero-order valence-corrected chi connectivity index (χ0v) is 18.8. The molecule has 0 amide bonds. The number of nitrogens with one attached hydrogen (secondary N) is 2. The molecule has 7 heteroatoms. The maximum Gasteiger partial charge on any atom is 0.191 e. The molecule has 1 aliphatic rings. The van der Waals surface area contributed by atoms with Gasteiger partial charge in [-0.25, -0.2) is 0 Å². The van der Waals surface area contributed by atoms with Crippen LogP contribution in [0.3, 0.4) is 0 Å². The Balaban J connectivity index is 0.00000338. The van der Waals surface area contributed by atoms with Crippen LogP contribution in [0, 0.1) is 5.92 Å². The number of guanidine groups is 1. The lowest BCUT2D eigenvalue weighted by Gasteiger charge is -2.30. The summed E-state index contributed by atoms with van der Waals surface area (Å²) < 4.78 is 1.96. The van der Waals surface area contributed by atoms with Gasteiger partial charge >= 0.3 is 0 Å². The van der Waals surface area contributed by atoms with Crippen molar-refractivity contribution in [1.29, 1.82) is 0 Å². The molecule has 2 N–H and O–H groups in total. The fourth-order valence-corrected chi connectivity index (χ4v) is 3.36. The molecular formula is C19H37IN6. The van der Waals surface area contributed by atoms with Gasteiger partial charge in [-0.05, 0) is 64.1 Å². The highest BCUT2D eigenvalue weighted by atomic mass is 127. The molecule has 2 heterocycles. The van der Waals surface area contributed by atoms with Crippen LogP contribution in [0.2, 0.25) is 0 Å². The van der Waals surface area contributed by atoms with Crippen LogP contribution in [0.4, 0.5) is 0 Å². The molecule has 0 saturated carbocycles. The highest BCUT2D eigenvalue weighted by Gasteiger charge is 2.15. The van der Waals surface area contributed by atoms with Crippen LogP contribution in [0.15, 0.2) is 23.5 Å². The first-order chi connectivity index (χ1) is 12.3. The van der Waals surface area contributed by atoms with E-state index in [-0.39, 0.29) is 24.0 Å². The maximum atomic E-state index is 4.65. The molecule has 1 aliphatic heterocycles. The molecule has 6 nitrogen and oxygen atoms in total. The first kappa shape index (κ1) is 23.2. The second-order valence-electron chi connectivity index (χ2n) is 7.07. The number of unbranched alkanes of at least 4 members (excludes halogenated alkanes) is 1. The summed E-state index contributed by atoms with van der Waals surface area (Å²) in [7, 11) is 0. The molecule has 1 atom stereocenters. The third kappa shape index (κ3) is 9.75. The second-order valence-corrected chi connectivity index (χ2v) is 7.07. The zero-order valence-electron chi connectivity index (χ0n) is 16.5. The van der Waals surface area contributed by atoms with Gasteiger partial charge < -0.3 is 15.5 Å². The van der Waals surface area contributed by atoms with E-state index in [0.29, 0.717) is 0 Å². The highest BCUT2D eigenvalue weighted by molar-refractivity contribution is 14.0. The van der Waals surface area contributed by atoms with E-state index in [4.69, 9.17) is 0 Å². The number of aliphatic imine (C=N–C) groups is 1. The maximum absolute atomic E-state index is 4.65. The van der Waals surface area contributed by atoms with Crippen molar-refractivity contribution in [2.24, 2.45) is 10.9 Å². The van der Waals surface area contributed by atoms with Crippen molar-refractivity contribution in [3.63, 3.8) is 0 Å². The summed E-state index contributed by atoms with van der Waals surface area (Å²) in [6.07, 6.45) is 10.1. The predicted octanol–water partition coefficient (Wildman–Crippen LogP) is 2.96. The molecule has 0 radical (unpaired) electrons. The Morgan fingerprint density at radius 3 is 2.85 bits per heavy atom. The summed E-state index contributed by atoms with van der Waals surface area (Å²) in [4.78, 5) is 7.28. The third-order valence-corrected chi connectivity index (χ3v) is 4.65. The monoisotopic (exact) mass is 476 g/mol. The van der Waals surface area contributed by atoms with Crippen molar-refractivity contribution in [2.75, 3.05) is 39.3 Å². The van der Waals surface area contributed by atoms with E-state index in [2.05, 4.69) is 39.5 Å². The molecule has 26 heavy (non-hydrogen) atoms. The van der Waals surface area contributed by atoms with Crippen LogP contribution < -0.4 is 10.6 Å². The molecule has 1 saturated heterocycles. The van der Waals surface area contributed by atoms with E-state index in [9.17, 15) is 0 Å². The summed E-state index contributed by atoms with van der Waals surface area (Å²) in [5.74, 6) is 1.82. The topological polar surface area (TPSA) is 57.5 Å². The van der Waals surface area contributed by atoms with Gasteiger partial charge in [0.1, 0.15) is 0 Å². The largest absolute Gasteiger partial charge is 0.357 e. The molecular weight excluding hydrogens is 439 g/mol. The molecule has 2 rings (SSSR count). The Morgan fingerprint density at radius 1 is 1.23 bits per heavy atom. The van der Waals surface area contributed by atoms with Crippen LogP contribution in [0.1, 0.15) is 46.0 Å². The molecule has 1 fully saturated rings. The minimum Gasteiger partial charge on any atom is -0.357 e. The van der Waals surface area contributed by atoms with E-state index >= 15 is 0 Å². The lowest BCUT2D eigenvalue weighted by Crippen LogP contribution is -2.38. The Kier molecular flexibility index (Phi) is 12.7. The van der Waals surface area contributed by atoms with Gasteiger partial charge in [-0.3, -0.25) is 9.67 Å². The number of hydrogen-bond acceptors (Lipinski definition) is 3. The van der Waals surface area contributed by atoms with Gasteiger partial charge in [-0.2, -0.15) is 5.10 Å². The smallest absolute Gasteiger partial charge is 0.191 e. The van der Waals surface area contributed by atoms with Gasteiger partial charge in [0.05, 0.1) is 0 Å². The van der Waals surface area contributed by atoms with Gasteiger partial charge in [0.15, 0.2) is 5.96 Å². The van der Waals surface area contributed by atoms with Crippen LogP contribution in [0.25, 0.3) is 0 Å². The number of hydrogen-bond donors (Lipinski definition) is 2. The zero-order chi connectivity index (χ0) is 17.7. The van der Waals surface area contributed by atoms with Crippen LogP contribution in [0.5, 0.6) is 0 Å². The fourth-order valence-electron chi connectivity index (χ4n) is 3.36. The molecule has 0 spiro atoms. The second kappa shape index (κ2) is 14.3. The number of nitrogens with zero attached hydrogens (tertiary/aromatic N) is 4. The number of rotatable bonds is 10. The summed E-state index contributed by atoms with van der Waals surface area (Å²) in [5.41, 5.74) is 0. The summed E-state index contributed by atoms with van der Waals surface area (Å²) in [6.45, 7) is 11.9. The summed E-state index contributed by atoms with van der Waals surface area (Å²) in [5, 5.41) is 11.0. The average molecular weight is 476 g/mol. The van der Waals surface area contributed by atoms with Gasteiger partial charge in [0.2, 0.25) is 0 Å². The van der Waals surface area contributed by atoms with Crippen molar-refractivity contribution >= 4 is 29.9 Å². The van der Waals surface area contributed by atoms with E-state index in [1.54, 1.807) is 0 Å². The predicted molar refractivity (Wildman–Crippen MR) is 120 cm³/mol. The lowest BCUT2D eigenvalue weighted by molar-refractivity contribution is 0.181. The Hall–Kier alpha value is -0.830. The first-order valence-corrected chi connectivity index (χ1v) is 10.00. The SMILES string of the molecule is CCNC(=NCCCn1cccn1)NCCCCN1CCCC(C)C1.I. The number of aromatic nitrogens is 2. The third-order valence-electron chi connectivity index (χ3n) is 4.65. The normalized spacial score (nSPS) is 18.4. The van der Waals surface area contributed by atoms with E-state index in [1.165, 1.54) is 45.3 Å². The molecule has 0 aliphatic carbocycles. The summed E-state index contributed by atoms with van der Waals surface area (Å²) >= 11 is 0. The molecule has 1 unspecified atom stereocenters. The molecule has 0 aromatic carbocycles. The number of likely N-dealkylation sites (tertiary alicyclic amines) is 1. The lowest BCUT2D eigenvalue weighted by atomic mass is 10.0. The van der Waals surface area contributed by atoms with Gasteiger partial charge in [0, 0.05) is 45.1 Å². The van der Waals surface area contributed by atoms with Gasteiger partial charge in [-0.1, -0.05) is 6.92 Å². The average Bonchev–Trinajstić information content (AvgIpc) is 3.12. The Bertz CT molecular complexity index is 476. The number of aryl methyl sites for hydroxylation is 1. The fraction of sp³-hybridized carbons (Fsp3) is 0.789. The molecule has 0 bridgehead atoms. The van der Waals surface area contributed by atoms with Crippen LogP contribution in [-0.4, -0.2) is 59.9 Å². The molecule has 150 valence electrons. The first-order valence-electron chi connectivity index (χ1n) is 10.00. The van der Waals surface area contributed by atoms with E-state index in [0.717, 1.165) is 44.5 Å². The van der Waals surface area contributed by atoms with Gasteiger partial charge in [0.25, 0.3) is 0 Å². The van der Waals surface area contributed by atoms with E-state index < -0.39 is 0 Å². The number of piperidine rings is 1. The summed E-state index contributed by atoms with van der Waals surface area (Å²) in [6, 6.07) is 1.96. The highest BCUT2D eigenvalue weighted by Crippen LogP contribution is 2.15. The van der Waals surface area contributed by atoms with Crippen molar-refractivity contribution < 1.29 is 0 Å². The van der Waals surface area contributed by atoms with E-state index in [1.807, 2.05) is 23.1 Å². The Morgan fingerprint density at radius 2 is 2.12 bits per heavy atom. The van der Waals surface area contributed by atoms with Crippen molar-refractivity contribution in [1.82, 2.24) is 25.3 Å². The number of halogens is 1. The van der Waals surface area contributed by atoms with Crippen molar-refractivity contribution in [2.45, 2.75) is 52.5 Å². The molecule has 1 aromatic heterocycles. The van der Waals surface area contributed by atoms with Crippen molar-refractivity contribution in [3.8, 4) is 0 Å². The van der Waals surface area contributed by atoms with Crippen molar-refractivity contribution in [3.05, 3.63) is 18.5 Å². The Labute approximate surface area is 176 Å². The minimum absolute atomic E-state index is 0. The quantitative estimate of drug-likeness (QED) is 0.236. The standard InChI is InChI=1S/C19H36N6.HI/c1-3-20-19(22-11-7-15-25-16-8-12-23-25)21-10-4-5-13-24-14-6-9-18(2)17-24;/h8,12,16,18H,3-7,9-11,13-15,17H2,1-2H3,(H2,20,21,22);1H.